The molecular weight excluding hydrogens is 262 g/mol. The van der Waals surface area contributed by atoms with Crippen molar-refractivity contribution in [3.05, 3.63) is 52.7 Å². The lowest BCUT2D eigenvalue weighted by molar-refractivity contribution is 0.475. The number of hydrogen-bond acceptors (Lipinski definition) is 4. The molecule has 3 rings (SSSR count). The first-order valence-corrected chi connectivity index (χ1v) is 7.21. The van der Waals surface area contributed by atoms with Crippen LogP contribution in [0.15, 0.2) is 30.3 Å². The molecule has 0 bridgehead atoms. The lowest BCUT2D eigenvalue weighted by Gasteiger charge is -2.17. The Labute approximate surface area is 124 Å². The van der Waals surface area contributed by atoms with E-state index in [4.69, 9.17) is 0 Å². The normalized spacial score (nSPS) is 13.3. The number of anilines is 1. The SMILES string of the molecule is N#Cc1cc2c(nc1NCc1ccc(O)cc1)CCCC2. The van der Waals surface area contributed by atoms with Gasteiger partial charge in [-0.2, -0.15) is 5.26 Å². The van der Waals surface area contributed by atoms with Crippen LogP contribution in [0, 0.1) is 11.3 Å². The van der Waals surface area contributed by atoms with E-state index in [1.807, 2.05) is 18.2 Å². The third-order valence-corrected chi connectivity index (χ3v) is 3.82. The summed E-state index contributed by atoms with van der Waals surface area (Å²) in [5, 5.41) is 21.8. The monoisotopic (exact) mass is 279 g/mol. The van der Waals surface area contributed by atoms with Crippen molar-refractivity contribution in [2.24, 2.45) is 0 Å². The molecule has 4 heteroatoms. The van der Waals surface area contributed by atoms with Crippen LogP contribution in [0.4, 0.5) is 5.82 Å². The fourth-order valence-electron chi connectivity index (χ4n) is 2.65. The zero-order valence-electron chi connectivity index (χ0n) is 11.8. The van der Waals surface area contributed by atoms with Crippen molar-refractivity contribution < 1.29 is 5.11 Å². The summed E-state index contributed by atoms with van der Waals surface area (Å²) >= 11 is 0. The quantitative estimate of drug-likeness (QED) is 0.905. The summed E-state index contributed by atoms with van der Waals surface area (Å²) in [6.45, 7) is 0.584. The fraction of sp³-hybridized carbons (Fsp3) is 0.294. The molecule has 2 aromatic rings. The zero-order valence-corrected chi connectivity index (χ0v) is 11.8. The van der Waals surface area contributed by atoms with Crippen LogP contribution in [0.1, 0.15) is 35.2 Å². The summed E-state index contributed by atoms with van der Waals surface area (Å²) in [4.78, 5) is 4.63. The molecule has 4 nitrogen and oxygen atoms in total. The average molecular weight is 279 g/mol. The van der Waals surface area contributed by atoms with Gasteiger partial charge in [-0.25, -0.2) is 4.98 Å². The molecule has 0 saturated carbocycles. The van der Waals surface area contributed by atoms with E-state index in [2.05, 4.69) is 16.4 Å². The molecule has 106 valence electrons. The van der Waals surface area contributed by atoms with Crippen molar-refractivity contribution in [3.63, 3.8) is 0 Å². The lowest BCUT2D eigenvalue weighted by atomic mass is 9.95. The first-order valence-electron chi connectivity index (χ1n) is 7.21. The molecule has 0 aliphatic heterocycles. The number of hydrogen-bond donors (Lipinski definition) is 2. The van der Waals surface area contributed by atoms with E-state index in [-0.39, 0.29) is 5.75 Å². The Morgan fingerprint density at radius 3 is 2.71 bits per heavy atom. The van der Waals surface area contributed by atoms with E-state index >= 15 is 0 Å². The molecule has 0 amide bonds. The van der Waals surface area contributed by atoms with Gasteiger partial charge < -0.3 is 10.4 Å². The number of fused-ring (bicyclic) bond motifs is 1. The third-order valence-electron chi connectivity index (χ3n) is 3.82. The van der Waals surface area contributed by atoms with Crippen molar-refractivity contribution in [3.8, 4) is 11.8 Å². The minimum Gasteiger partial charge on any atom is -0.508 e. The van der Waals surface area contributed by atoms with Crippen LogP contribution in [-0.4, -0.2) is 10.1 Å². The van der Waals surface area contributed by atoms with Gasteiger partial charge in [0, 0.05) is 12.2 Å². The van der Waals surface area contributed by atoms with E-state index in [9.17, 15) is 10.4 Å². The standard InChI is InChI=1S/C17H17N3O/c18-10-14-9-13-3-1-2-4-16(13)20-17(14)19-11-12-5-7-15(21)8-6-12/h5-9,21H,1-4,11H2,(H,19,20). The summed E-state index contributed by atoms with van der Waals surface area (Å²) in [6, 6.07) is 11.2. The van der Waals surface area contributed by atoms with Crippen molar-refractivity contribution in [2.75, 3.05) is 5.32 Å². The molecule has 1 aromatic carbocycles. The van der Waals surface area contributed by atoms with Gasteiger partial charge in [-0.3, -0.25) is 0 Å². The molecule has 0 spiro atoms. The summed E-state index contributed by atoms with van der Waals surface area (Å²) in [7, 11) is 0. The number of aromatic hydroxyl groups is 1. The highest BCUT2D eigenvalue weighted by Crippen LogP contribution is 2.24. The van der Waals surface area contributed by atoms with Crippen LogP contribution in [0.5, 0.6) is 5.75 Å². The van der Waals surface area contributed by atoms with Crippen LogP contribution >= 0.6 is 0 Å². The van der Waals surface area contributed by atoms with Crippen molar-refractivity contribution in [1.29, 1.82) is 5.26 Å². The number of pyridine rings is 1. The number of nitriles is 1. The minimum atomic E-state index is 0.253. The highest BCUT2D eigenvalue weighted by molar-refractivity contribution is 5.55. The number of phenolic OH excluding ortho intramolecular Hbond substituents is 1. The highest BCUT2D eigenvalue weighted by atomic mass is 16.3. The van der Waals surface area contributed by atoms with E-state index in [0.29, 0.717) is 17.9 Å². The van der Waals surface area contributed by atoms with Crippen molar-refractivity contribution >= 4 is 5.82 Å². The summed E-state index contributed by atoms with van der Waals surface area (Å²) in [6.07, 6.45) is 4.37. The third kappa shape index (κ3) is 2.97. The number of rotatable bonds is 3. The van der Waals surface area contributed by atoms with Gasteiger partial charge >= 0.3 is 0 Å². The smallest absolute Gasteiger partial charge is 0.144 e. The second-order valence-corrected chi connectivity index (χ2v) is 5.33. The van der Waals surface area contributed by atoms with Gasteiger partial charge in [0.25, 0.3) is 0 Å². The zero-order chi connectivity index (χ0) is 14.7. The van der Waals surface area contributed by atoms with Crippen molar-refractivity contribution in [1.82, 2.24) is 4.98 Å². The number of nitrogens with zero attached hydrogens (tertiary/aromatic N) is 2. The Morgan fingerprint density at radius 1 is 1.19 bits per heavy atom. The largest absolute Gasteiger partial charge is 0.508 e. The number of phenols is 1. The van der Waals surface area contributed by atoms with Crippen LogP contribution in [-0.2, 0) is 19.4 Å². The second kappa shape index (κ2) is 5.84. The number of nitrogens with one attached hydrogen (secondary N) is 1. The molecule has 1 aliphatic rings. The topological polar surface area (TPSA) is 68.9 Å². The molecule has 0 atom stereocenters. The molecule has 1 aliphatic carbocycles. The molecule has 0 radical (unpaired) electrons. The molecule has 21 heavy (non-hydrogen) atoms. The predicted octanol–water partition coefficient (Wildman–Crippen LogP) is 3.15. The van der Waals surface area contributed by atoms with E-state index in [0.717, 1.165) is 24.1 Å². The maximum atomic E-state index is 9.29. The van der Waals surface area contributed by atoms with E-state index in [1.165, 1.54) is 18.4 Å². The van der Waals surface area contributed by atoms with Gasteiger partial charge in [0.1, 0.15) is 17.6 Å². The molecule has 1 heterocycles. The van der Waals surface area contributed by atoms with Gasteiger partial charge in [0.2, 0.25) is 0 Å². The maximum absolute atomic E-state index is 9.29. The molecule has 0 fully saturated rings. The van der Waals surface area contributed by atoms with Crippen LogP contribution in [0.25, 0.3) is 0 Å². The highest BCUT2D eigenvalue weighted by Gasteiger charge is 2.14. The Balaban J connectivity index is 1.81. The molecule has 2 N–H and O–H groups in total. The summed E-state index contributed by atoms with van der Waals surface area (Å²) < 4.78 is 0. The number of benzene rings is 1. The van der Waals surface area contributed by atoms with Gasteiger partial charge in [0.15, 0.2) is 0 Å². The second-order valence-electron chi connectivity index (χ2n) is 5.33. The summed E-state index contributed by atoms with van der Waals surface area (Å²) in [5.41, 5.74) is 3.98. The van der Waals surface area contributed by atoms with Gasteiger partial charge in [-0.15, -0.1) is 0 Å². The summed E-state index contributed by atoms with van der Waals surface area (Å²) in [5.74, 6) is 0.912. The number of aryl methyl sites for hydroxylation is 2. The lowest BCUT2D eigenvalue weighted by Crippen LogP contribution is -2.10. The molecular formula is C17H17N3O. The Morgan fingerprint density at radius 2 is 1.95 bits per heavy atom. The average Bonchev–Trinajstić information content (AvgIpc) is 2.53. The first kappa shape index (κ1) is 13.4. The fourth-order valence-corrected chi connectivity index (χ4v) is 2.65. The van der Waals surface area contributed by atoms with Gasteiger partial charge in [-0.05, 0) is 55.0 Å². The van der Waals surface area contributed by atoms with Crippen molar-refractivity contribution in [2.45, 2.75) is 32.2 Å². The Hall–Kier alpha value is -2.54. The predicted molar refractivity (Wildman–Crippen MR) is 81.0 cm³/mol. The van der Waals surface area contributed by atoms with E-state index in [1.54, 1.807) is 12.1 Å². The minimum absolute atomic E-state index is 0.253. The van der Waals surface area contributed by atoms with Crippen LogP contribution < -0.4 is 5.32 Å². The first-order chi connectivity index (χ1) is 10.3. The number of aromatic nitrogens is 1. The molecule has 0 saturated heterocycles. The molecule has 1 aromatic heterocycles. The van der Waals surface area contributed by atoms with Gasteiger partial charge in [0.05, 0.1) is 5.56 Å². The van der Waals surface area contributed by atoms with Gasteiger partial charge in [-0.1, -0.05) is 12.1 Å². The maximum Gasteiger partial charge on any atom is 0.144 e. The van der Waals surface area contributed by atoms with Crippen LogP contribution in [0.3, 0.4) is 0 Å². The molecule has 0 unspecified atom stereocenters. The van der Waals surface area contributed by atoms with Crippen LogP contribution in [0.2, 0.25) is 0 Å². The Kier molecular flexibility index (Phi) is 3.74. The Bertz CT molecular complexity index is 686. The van der Waals surface area contributed by atoms with E-state index < -0.39 is 0 Å².